The zero-order valence-electron chi connectivity index (χ0n) is 15.6. The van der Waals surface area contributed by atoms with Crippen molar-refractivity contribution in [1.82, 2.24) is 10.2 Å². The maximum Gasteiger partial charge on any atom is 0.410 e. The highest BCUT2D eigenvalue weighted by atomic mass is 16.6. The summed E-state index contributed by atoms with van der Waals surface area (Å²) in [7, 11) is 0. The first kappa shape index (κ1) is 16.7. The van der Waals surface area contributed by atoms with E-state index in [-0.39, 0.29) is 6.09 Å². The Labute approximate surface area is 146 Å². The number of nitrogens with zero attached hydrogens (tertiary/aromatic N) is 1. The summed E-state index contributed by atoms with van der Waals surface area (Å²) in [6.45, 7) is 8.32. The number of carbonyl (C=O) groups is 1. The molecule has 1 amide bonds. The zero-order valence-corrected chi connectivity index (χ0v) is 15.6. The maximum absolute atomic E-state index is 12.4. The maximum atomic E-state index is 12.4. The fraction of sp³-hybridized carbons (Fsp3) is 0.950. The third kappa shape index (κ3) is 3.44. The van der Waals surface area contributed by atoms with Crippen LogP contribution in [0.3, 0.4) is 0 Å². The number of nitrogens with one attached hydrogen (secondary N) is 1. The van der Waals surface area contributed by atoms with Crippen molar-refractivity contribution in [3.63, 3.8) is 0 Å². The lowest BCUT2D eigenvalue weighted by atomic mass is 9.48. The summed E-state index contributed by atoms with van der Waals surface area (Å²) >= 11 is 0. The van der Waals surface area contributed by atoms with E-state index >= 15 is 0 Å². The number of amides is 1. The van der Waals surface area contributed by atoms with E-state index in [0.717, 1.165) is 37.4 Å². The molecule has 4 bridgehead atoms. The molecule has 5 aliphatic rings. The number of ether oxygens (including phenoxy) is 1. The van der Waals surface area contributed by atoms with Crippen LogP contribution in [-0.2, 0) is 4.74 Å². The third-order valence-corrected chi connectivity index (χ3v) is 6.75. The molecule has 5 rings (SSSR count). The number of hydrogen-bond donors (Lipinski definition) is 1. The van der Waals surface area contributed by atoms with Crippen LogP contribution in [0.5, 0.6) is 0 Å². The summed E-state index contributed by atoms with van der Waals surface area (Å²) in [6.07, 6.45) is 9.97. The van der Waals surface area contributed by atoms with E-state index in [1.54, 1.807) is 0 Å². The van der Waals surface area contributed by atoms with Gasteiger partial charge < -0.3 is 15.0 Å². The van der Waals surface area contributed by atoms with Gasteiger partial charge in [0.1, 0.15) is 5.60 Å². The Balaban J connectivity index is 1.38. The van der Waals surface area contributed by atoms with Crippen molar-refractivity contribution >= 4 is 6.09 Å². The van der Waals surface area contributed by atoms with Gasteiger partial charge in [0.25, 0.3) is 0 Å². The highest BCUT2D eigenvalue weighted by Crippen LogP contribution is 2.61. The molecule has 1 unspecified atom stereocenters. The Kier molecular flexibility index (Phi) is 4.10. The Morgan fingerprint density at radius 1 is 1.12 bits per heavy atom. The van der Waals surface area contributed by atoms with E-state index in [1.165, 1.54) is 44.9 Å². The van der Waals surface area contributed by atoms with Crippen molar-refractivity contribution in [1.29, 1.82) is 0 Å². The topological polar surface area (TPSA) is 41.6 Å². The molecule has 0 radical (unpaired) electrons. The van der Waals surface area contributed by atoms with Gasteiger partial charge in [0.2, 0.25) is 0 Å². The molecule has 136 valence electrons. The van der Waals surface area contributed by atoms with E-state index in [1.807, 2.05) is 25.7 Å². The molecule has 1 saturated heterocycles. The van der Waals surface area contributed by atoms with Crippen LogP contribution < -0.4 is 5.32 Å². The summed E-state index contributed by atoms with van der Waals surface area (Å²) in [5.74, 6) is 3.00. The number of hydrogen-bond acceptors (Lipinski definition) is 3. The molecule has 1 heterocycles. The van der Waals surface area contributed by atoms with Crippen LogP contribution in [0.4, 0.5) is 4.79 Å². The van der Waals surface area contributed by atoms with Gasteiger partial charge in [0.15, 0.2) is 0 Å². The second kappa shape index (κ2) is 5.89. The monoisotopic (exact) mass is 334 g/mol. The molecule has 1 aliphatic heterocycles. The van der Waals surface area contributed by atoms with Crippen molar-refractivity contribution in [3.05, 3.63) is 0 Å². The van der Waals surface area contributed by atoms with Crippen LogP contribution in [0.1, 0.15) is 65.7 Å². The molecule has 4 saturated carbocycles. The second-order valence-electron chi connectivity index (χ2n) is 10.2. The molecule has 0 aromatic rings. The predicted octanol–water partition coefficient (Wildman–Crippen LogP) is 3.80. The minimum atomic E-state index is -0.405. The minimum Gasteiger partial charge on any atom is -0.444 e. The Morgan fingerprint density at radius 3 is 2.25 bits per heavy atom. The first-order valence-corrected chi connectivity index (χ1v) is 10.0. The van der Waals surface area contributed by atoms with E-state index in [4.69, 9.17) is 4.74 Å². The van der Waals surface area contributed by atoms with Crippen LogP contribution in [0.2, 0.25) is 0 Å². The van der Waals surface area contributed by atoms with Crippen LogP contribution >= 0.6 is 0 Å². The van der Waals surface area contributed by atoms with Crippen LogP contribution in [0, 0.1) is 23.2 Å². The summed E-state index contributed by atoms with van der Waals surface area (Å²) in [4.78, 5) is 14.3. The molecule has 5 fully saturated rings. The van der Waals surface area contributed by atoms with Gasteiger partial charge in [0.05, 0.1) is 0 Å². The average Bonchev–Trinajstić information content (AvgIpc) is 2.43. The Hall–Kier alpha value is -0.770. The molecule has 0 spiro atoms. The Bertz CT molecular complexity index is 461. The molecule has 4 nitrogen and oxygen atoms in total. The fourth-order valence-electron chi connectivity index (χ4n) is 6.52. The molecule has 1 N–H and O–H groups in total. The highest BCUT2D eigenvalue weighted by Gasteiger charge is 2.51. The number of piperazine rings is 1. The van der Waals surface area contributed by atoms with Crippen LogP contribution in [0.25, 0.3) is 0 Å². The smallest absolute Gasteiger partial charge is 0.410 e. The quantitative estimate of drug-likeness (QED) is 0.835. The summed E-state index contributed by atoms with van der Waals surface area (Å²) in [5.41, 5.74) is 0.167. The van der Waals surface area contributed by atoms with E-state index in [0.29, 0.717) is 11.5 Å². The van der Waals surface area contributed by atoms with Gasteiger partial charge in [-0.1, -0.05) is 0 Å². The number of rotatable bonds is 2. The highest BCUT2D eigenvalue weighted by molar-refractivity contribution is 5.68. The van der Waals surface area contributed by atoms with Gasteiger partial charge in [-0.2, -0.15) is 0 Å². The second-order valence-corrected chi connectivity index (χ2v) is 10.2. The summed E-state index contributed by atoms with van der Waals surface area (Å²) in [6, 6.07) is 0.447. The molecule has 4 heteroatoms. The van der Waals surface area contributed by atoms with E-state index in [9.17, 15) is 4.79 Å². The summed E-state index contributed by atoms with van der Waals surface area (Å²) < 4.78 is 5.58. The first-order valence-electron chi connectivity index (χ1n) is 10.0. The van der Waals surface area contributed by atoms with Crippen molar-refractivity contribution < 1.29 is 9.53 Å². The molecule has 1 atom stereocenters. The average molecular weight is 335 g/mol. The molecule has 24 heavy (non-hydrogen) atoms. The van der Waals surface area contributed by atoms with E-state index < -0.39 is 5.60 Å². The molecule has 4 aliphatic carbocycles. The predicted molar refractivity (Wildman–Crippen MR) is 94.8 cm³/mol. The number of carbonyl (C=O) groups excluding carboxylic acids is 1. The standard InChI is InChI=1S/C20H34N2O2/c1-19(2,3)24-18(23)22-5-4-21-17(13-22)12-20-9-14-6-15(10-20)8-16(7-14)11-20/h14-17,21H,4-13H2,1-3H3. The largest absolute Gasteiger partial charge is 0.444 e. The Morgan fingerprint density at radius 2 is 1.71 bits per heavy atom. The van der Waals surface area contributed by atoms with Gasteiger partial charge in [-0.15, -0.1) is 0 Å². The zero-order chi connectivity index (χ0) is 16.9. The minimum absolute atomic E-state index is 0.139. The fourth-order valence-corrected chi connectivity index (χ4v) is 6.52. The normalized spacial score (nSPS) is 41.5. The van der Waals surface area contributed by atoms with Crippen LogP contribution in [0.15, 0.2) is 0 Å². The van der Waals surface area contributed by atoms with Gasteiger partial charge in [0, 0.05) is 25.7 Å². The van der Waals surface area contributed by atoms with Crippen molar-refractivity contribution in [3.8, 4) is 0 Å². The lowest BCUT2D eigenvalue weighted by Crippen LogP contribution is -2.56. The molecular formula is C20H34N2O2. The lowest BCUT2D eigenvalue weighted by molar-refractivity contribution is -0.0652. The third-order valence-electron chi connectivity index (χ3n) is 6.75. The van der Waals surface area contributed by atoms with Gasteiger partial charge in [-0.05, 0) is 88.9 Å². The molecule has 0 aromatic carbocycles. The molecule has 0 aromatic heterocycles. The van der Waals surface area contributed by atoms with Gasteiger partial charge >= 0.3 is 6.09 Å². The van der Waals surface area contributed by atoms with Gasteiger partial charge in [-0.25, -0.2) is 4.79 Å². The van der Waals surface area contributed by atoms with Crippen LogP contribution in [-0.4, -0.2) is 42.3 Å². The van der Waals surface area contributed by atoms with Gasteiger partial charge in [-0.3, -0.25) is 0 Å². The summed E-state index contributed by atoms with van der Waals surface area (Å²) in [5, 5.41) is 3.69. The van der Waals surface area contributed by atoms with E-state index in [2.05, 4.69) is 5.32 Å². The van der Waals surface area contributed by atoms with Crippen molar-refractivity contribution in [2.45, 2.75) is 77.4 Å². The van der Waals surface area contributed by atoms with Crippen molar-refractivity contribution in [2.24, 2.45) is 23.2 Å². The lowest BCUT2D eigenvalue weighted by Gasteiger charge is -2.58. The SMILES string of the molecule is CC(C)(C)OC(=O)N1CCNC(CC23CC4CC(CC(C4)C2)C3)C1. The molecular weight excluding hydrogens is 300 g/mol. The first-order chi connectivity index (χ1) is 11.3. The van der Waals surface area contributed by atoms with Crippen molar-refractivity contribution in [2.75, 3.05) is 19.6 Å².